The van der Waals surface area contributed by atoms with Gasteiger partial charge in [0.15, 0.2) is 5.82 Å². The topological polar surface area (TPSA) is 77.2 Å². The molecule has 0 aliphatic heterocycles. The summed E-state index contributed by atoms with van der Waals surface area (Å²) in [5, 5.41) is 4.15. The Bertz CT molecular complexity index is 439. The number of rotatable bonds is 4. The Morgan fingerprint density at radius 3 is 2.79 bits per heavy atom. The second-order valence-corrected chi connectivity index (χ2v) is 5.87. The standard InChI is InChI=1S/C13H21N3O2S/c1-3-18-13(17)10-11(14)16-19-12(10)15-9-6-4-8(2)5-7-9/h8-9,15H,3-7H2,1-2H3,(H2,14,16). The van der Waals surface area contributed by atoms with Crippen molar-refractivity contribution in [3.05, 3.63) is 5.56 Å². The lowest BCUT2D eigenvalue weighted by Gasteiger charge is -2.27. The average molecular weight is 283 g/mol. The summed E-state index contributed by atoms with van der Waals surface area (Å²) in [5.41, 5.74) is 6.15. The first kappa shape index (κ1) is 14.1. The summed E-state index contributed by atoms with van der Waals surface area (Å²) < 4.78 is 9.08. The quantitative estimate of drug-likeness (QED) is 0.831. The molecule has 0 bridgehead atoms. The van der Waals surface area contributed by atoms with Crippen LogP contribution in [0.4, 0.5) is 10.8 Å². The number of hydrogen-bond donors (Lipinski definition) is 2. The number of carbonyl (C=O) groups is 1. The number of nitrogens with one attached hydrogen (secondary N) is 1. The first-order chi connectivity index (χ1) is 9.11. The van der Waals surface area contributed by atoms with Gasteiger partial charge in [0.25, 0.3) is 0 Å². The van der Waals surface area contributed by atoms with E-state index in [-0.39, 0.29) is 11.8 Å². The number of nitrogens with two attached hydrogens (primary N) is 1. The Labute approximate surface area is 117 Å². The van der Waals surface area contributed by atoms with Crippen molar-refractivity contribution in [3.8, 4) is 0 Å². The molecular weight excluding hydrogens is 262 g/mol. The lowest BCUT2D eigenvalue weighted by molar-refractivity contribution is 0.0529. The van der Waals surface area contributed by atoms with E-state index in [9.17, 15) is 4.79 Å². The SMILES string of the molecule is CCOC(=O)c1c(N)nsc1NC1CCC(C)CC1. The third-order valence-electron chi connectivity index (χ3n) is 3.55. The number of esters is 1. The fraction of sp³-hybridized carbons (Fsp3) is 0.692. The van der Waals surface area contributed by atoms with E-state index < -0.39 is 0 Å². The number of aromatic nitrogens is 1. The van der Waals surface area contributed by atoms with E-state index in [1.165, 1.54) is 24.4 Å². The zero-order valence-corrected chi connectivity index (χ0v) is 12.3. The van der Waals surface area contributed by atoms with Crippen LogP contribution in [0.15, 0.2) is 0 Å². The van der Waals surface area contributed by atoms with Gasteiger partial charge in [0, 0.05) is 6.04 Å². The molecule has 19 heavy (non-hydrogen) atoms. The lowest BCUT2D eigenvalue weighted by Crippen LogP contribution is -2.25. The molecular formula is C13H21N3O2S. The summed E-state index contributed by atoms with van der Waals surface area (Å²) in [4.78, 5) is 11.9. The van der Waals surface area contributed by atoms with Crippen LogP contribution in [0.2, 0.25) is 0 Å². The van der Waals surface area contributed by atoms with Crippen LogP contribution in [0.1, 0.15) is 49.9 Å². The van der Waals surface area contributed by atoms with Gasteiger partial charge in [-0.05, 0) is 50.1 Å². The van der Waals surface area contributed by atoms with E-state index in [1.807, 2.05) is 0 Å². The van der Waals surface area contributed by atoms with E-state index in [0.29, 0.717) is 18.2 Å². The molecule has 0 spiro atoms. The highest BCUT2D eigenvalue weighted by Crippen LogP contribution is 2.32. The minimum absolute atomic E-state index is 0.259. The molecule has 5 nitrogen and oxygen atoms in total. The molecule has 1 aliphatic rings. The van der Waals surface area contributed by atoms with Crippen molar-refractivity contribution in [1.82, 2.24) is 4.37 Å². The van der Waals surface area contributed by atoms with Crippen molar-refractivity contribution in [2.24, 2.45) is 5.92 Å². The van der Waals surface area contributed by atoms with Crippen molar-refractivity contribution in [2.45, 2.75) is 45.6 Å². The predicted molar refractivity (Wildman–Crippen MR) is 77.5 cm³/mol. The molecule has 0 unspecified atom stereocenters. The number of ether oxygens (including phenoxy) is 1. The summed E-state index contributed by atoms with van der Waals surface area (Å²) in [6.07, 6.45) is 4.70. The Kier molecular flexibility index (Phi) is 4.63. The van der Waals surface area contributed by atoms with Gasteiger partial charge in [0.2, 0.25) is 0 Å². The predicted octanol–water partition coefficient (Wildman–Crippen LogP) is 2.89. The summed E-state index contributed by atoms with van der Waals surface area (Å²) >= 11 is 1.24. The number of nitrogens with zero attached hydrogens (tertiary/aromatic N) is 1. The fourth-order valence-electron chi connectivity index (χ4n) is 2.39. The Morgan fingerprint density at radius 2 is 2.16 bits per heavy atom. The Morgan fingerprint density at radius 1 is 1.47 bits per heavy atom. The minimum Gasteiger partial charge on any atom is -0.462 e. The van der Waals surface area contributed by atoms with E-state index >= 15 is 0 Å². The Hall–Kier alpha value is -1.30. The van der Waals surface area contributed by atoms with Crippen LogP contribution >= 0.6 is 11.5 Å². The van der Waals surface area contributed by atoms with Crippen molar-refractivity contribution in [3.63, 3.8) is 0 Å². The fourth-order valence-corrected chi connectivity index (χ4v) is 3.17. The third kappa shape index (κ3) is 3.37. The van der Waals surface area contributed by atoms with Gasteiger partial charge in [-0.2, -0.15) is 4.37 Å². The van der Waals surface area contributed by atoms with Gasteiger partial charge < -0.3 is 15.8 Å². The highest BCUT2D eigenvalue weighted by Gasteiger charge is 2.24. The van der Waals surface area contributed by atoms with Crippen LogP contribution < -0.4 is 11.1 Å². The summed E-state index contributed by atoms with van der Waals surface area (Å²) in [5.74, 6) is 0.671. The van der Waals surface area contributed by atoms with Crippen molar-refractivity contribution in [2.75, 3.05) is 17.7 Å². The summed E-state index contributed by atoms with van der Waals surface area (Å²) in [6.45, 7) is 4.41. The Balaban J connectivity index is 2.06. The van der Waals surface area contributed by atoms with E-state index in [1.54, 1.807) is 6.92 Å². The third-order valence-corrected chi connectivity index (χ3v) is 4.34. The van der Waals surface area contributed by atoms with E-state index in [2.05, 4.69) is 16.6 Å². The van der Waals surface area contributed by atoms with Gasteiger partial charge in [-0.25, -0.2) is 4.79 Å². The molecule has 0 atom stereocenters. The van der Waals surface area contributed by atoms with E-state index in [4.69, 9.17) is 10.5 Å². The normalized spacial score (nSPS) is 23.1. The molecule has 0 radical (unpaired) electrons. The average Bonchev–Trinajstić information content (AvgIpc) is 2.74. The van der Waals surface area contributed by atoms with Crippen molar-refractivity contribution >= 4 is 28.3 Å². The number of carbonyl (C=O) groups excluding carboxylic acids is 1. The second kappa shape index (κ2) is 6.23. The maximum absolute atomic E-state index is 11.9. The zero-order valence-electron chi connectivity index (χ0n) is 11.4. The molecule has 106 valence electrons. The molecule has 0 saturated heterocycles. The van der Waals surface area contributed by atoms with Crippen LogP contribution in [0.3, 0.4) is 0 Å². The highest BCUT2D eigenvalue weighted by molar-refractivity contribution is 7.11. The molecule has 1 aromatic rings. The molecule has 0 aromatic carbocycles. The molecule has 2 rings (SSSR count). The van der Waals surface area contributed by atoms with Crippen LogP contribution in [0, 0.1) is 5.92 Å². The van der Waals surface area contributed by atoms with Crippen LogP contribution in [0.5, 0.6) is 0 Å². The largest absolute Gasteiger partial charge is 0.462 e. The zero-order chi connectivity index (χ0) is 13.8. The van der Waals surface area contributed by atoms with E-state index in [0.717, 1.165) is 23.8 Å². The van der Waals surface area contributed by atoms with Gasteiger partial charge >= 0.3 is 5.97 Å². The molecule has 0 amide bonds. The van der Waals surface area contributed by atoms with Crippen molar-refractivity contribution < 1.29 is 9.53 Å². The first-order valence-electron chi connectivity index (χ1n) is 6.80. The molecule has 1 fully saturated rings. The van der Waals surface area contributed by atoms with Gasteiger partial charge in [0.1, 0.15) is 10.6 Å². The van der Waals surface area contributed by atoms with Gasteiger partial charge in [-0.15, -0.1) is 0 Å². The van der Waals surface area contributed by atoms with Gasteiger partial charge in [-0.1, -0.05) is 6.92 Å². The molecule has 3 N–H and O–H groups in total. The lowest BCUT2D eigenvalue weighted by atomic mass is 9.87. The molecule has 1 aromatic heterocycles. The number of anilines is 2. The number of hydrogen-bond acceptors (Lipinski definition) is 6. The van der Waals surface area contributed by atoms with Gasteiger partial charge in [-0.3, -0.25) is 0 Å². The van der Waals surface area contributed by atoms with Gasteiger partial charge in [0.05, 0.1) is 6.61 Å². The van der Waals surface area contributed by atoms with Crippen LogP contribution in [0.25, 0.3) is 0 Å². The summed E-state index contributed by atoms with van der Waals surface area (Å²) in [6, 6.07) is 0.407. The minimum atomic E-state index is -0.388. The maximum Gasteiger partial charge on any atom is 0.344 e. The maximum atomic E-state index is 11.9. The molecule has 1 aliphatic carbocycles. The second-order valence-electron chi connectivity index (χ2n) is 5.09. The monoisotopic (exact) mass is 283 g/mol. The van der Waals surface area contributed by atoms with Crippen LogP contribution in [-0.2, 0) is 4.74 Å². The highest BCUT2D eigenvalue weighted by atomic mass is 32.1. The number of nitrogen functional groups attached to an aromatic ring is 1. The molecule has 1 heterocycles. The summed E-state index contributed by atoms with van der Waals surface area (Å²) in [7, 11) is 0. The molecule has 6 heteroatoms. The van der Waals surface area contributed by atoms with Crippen molar-refractivity contribution in [1.29, 1.82) is 0 Å². The molecule has 1 saturated carbocycles. The van der Waals surface area contributed by atoms with Crippen LogP contribution in [-0.4, -0.2) is 23.0 Å². The first-order valence-corrected chi connectivity index (χ1v) is 7.58. The smallest absolute Gasteiger partial charge is 0.344 e.